The van der Waals surface area contributed by atoms with Crippen molar-refractivity contribution in [3.63, 3.8) is 0 Å². The van der Waals surface area contributed by atoms with Crippen molar-refractivity contribution in [2.24, 2.45) is 5.41 Å². The first-order chi connectivity index (χ1) is 15.2. The van der Waals surface area contributed by atoms with Crippen LogP contribution in [0.1, 0.15) is 45.1 Å². The van der Waals surface area contributed by atoms with E-state index in [1.807, 2.05) is 43.3 Å². The maximum Gasteiger partial charge on any atom is 0.254 e. The highest BCUT2D eigenvalue weighted by Gasteiger charge is 2.43. The third-order valence-corrected chi connectivity index (χ3v) is 6.78. The predicted molar refractivity (Wildman–Crippen MR) is 129 cm³/mol. The first-order valence-electron chi connectivity index (χ1n) is 10.6. The lowest BCUT2D eigenvalue weighted by Gasteiger charge is -2.40. The lowest BCUT2D eigenvalue weighted by atomic mass is 9.68. The van der Waals surface area contributed by atoms with Gasteiger partial charge in [-0.05, 0) is 42.5 Å². The molecule has 1 aliphatic heterocycles. The number of amides is 1. The molecule has 5 nitrogen and oxygen atoms in total. The highest BCUT2D eigenvalue weighted by atomic mass is 79.9. The van der Waals surface area contributed by atoms with Crippen molar-refractivity contribution in [3.8, 4) is 5.75 Å². The number of halogens is 1. The maximum atomic E-state index is 13.6. The van der Waals surface area contributed by atoms with Crippen LogP contribution in [0, 0.1) is 5.41 Å². The third kappa shape index (κ3) is 4.11. The number of benzene rings is 2. The van der Waals surface area contributed by atoms with Crippen LogP contribution < -0.4 is 15.4 Å². The van der Waals surface area contributed by atoms with Gasteiger partial charge in [-0.15, -0.1) is 0 Å². The molecule has 0 saturated carbocycles. The lowest BCUT2D eigenvalue weighted by Crippen LogP contribution is -2.39. The Morgan fingerprint density at radius 1 is 1.12 bits per heavy atom. The van der Waals surface area contributed by atoms with Crippen LogP contribution >= 0.6 is 15.9 Å². The van der Waals surface area contributed by atoms with E-state index < -0.39 is 5.92 Å². The van der Waals surface area contributed by atoms with Crippen molar-refractivity contribution < 1.29 is 14.3 Å². The molecule has 0 unspecified atom stereocenters. The number of ether oxygens (including phenoxy) is 1. The standard InChI is InChI=1S/C26H27BrN2O3/c1-15-22(25(31)29-18-11-7-8-12-21(18)32-4)23(16-9-5-6-10-17(16)27)24-19(28-15)13-26(2,3)14-20(24)30/h5-12,23,28H,13-14H2,1-4H3,(H,29,31)/t23-/m0/s1. The van der Waals surface area contributed by atoms with E-state index in [1.165, 1.54) is 0 Å². The molecule has 2 aromatic rings. The van der Waals surface area contributed by atoms with Crippen LogP contribution in [0.4, 0.5) is 5.69 Å². The summed E-state index contributed by atoms with van der Waals surface area (Å²) in [7, 11) is 1.57. The molecule has 0 radical (unpaired) electrons. The van der Waals surface area contributed by atoms with Crippen molar-refractivity contribution in [1.82, 2.24) is 5.32 Å². The molecule has 4 rings (SSSR count). The van der Waals surface area contributed by atoms with Crippen LogP contribution in [0.15, 0.2) is 75.5 Å². The minimum atomic E-state index is -0.458. The maximum absolute atomic E-state index is 13.6. The Kier molecular flexibility index (Phi) is 5.99. The predicted octanol–water partition coefficient (Wildman–Crippen LogP) is 5.70. The molecule has 1 atom stereocenters. The summed E-state index contributed by atoms with van der Waals surface area (Å²) in [4.78, 5) is 27.0. The molecule has 6 heteroatoms. The number of ketones is 1. The highest BCUT2D eigenvalue weighted by molar-refractivity contribution is 9.10. The summed E-state index contributed by atoms with van der Waals surface area (Å²) in [6.07, 6.45) is 1.21. The average Bonchev–Trinajstić information content (AvgIpc) is 2.72. The Labute approximate surface area is 197 Å². The Hall–Kier alpha value is -2.86. The van der Waals surface area contributed by atoms with Gasteiger partial charge in [0.15, 0.2) is 5.78 Å². The van der Waals surface area contributed by atoms with Gasteiger partial charge >= 0.3 is 0 Å². The number of carbonyl (C=O) groups is 2. The number of para-hydroxylation sites is 2. The Bertz CT molecular complexity index is 1160. The average molecular weight is 495 g/mol. The lowest BCUT2D eigenvalue weighted by molar-refractivity contribution is -0.118. The number of hydrogen-bond donors (Lipinski definition) is 2. The number of nitrogens with one attached hydrogen (secondary N) is 2. The Morgan fingerprint density at radius 2 is 1.81 bits per heavy atom. The number of allylic oxidation sites excluding steroid dienone is 3. The second-order valence-corrected chi connectivity index (χ2v) is 9.96. The number of methoxy groups -OCH3 is 1. The molecular weight excluding hydrogens is 468 g/mol. The Morgan fingerprint density at radius 3 is 2.53 bits per heavy atom. The van der Waals surface area contributed by atoms with Crippen molar-refractivity contribution in [2.75, 3.05) is 12.4 Å². The molecular formula is C26H27BrN2O3. The van der Waals surface area contributed by atoms with E-state index in [-0.39, 0.29) is 17.1 Å². The SMILES string of the molecule is COc1ccccc1NC(=O)C1=C(C)NC2=C(C(=O)CC(C)(C)C2)[C@H]1c1ccccc1Br. The quantitative estimate of drug-likeness (QED) is 0.571. The van der Waals surface area contributed by atoms with Crippen molar-refractivity contribution in [3.05, 3.63) is 81.1 Å². The van der Waals surface area contributed by atoms with Gasteiger partial charge in [0, 0.05) is 39.4 Å². The Balaban J connectivity index is 1.83. The molecule has 0 aromatic heterocycles. The van der Waals surface area contributed by atoms with Crippen molar-refractivity contribution in [2.45, 2.75) is 39.5 Å². The van der Waals surface area contributed by atoms with Gasteiger partial charge in [-0.25, -0.2) is 0 Å². The summed E-state index contributed by atoms with van der Waals surface area (Å²) >= 11 is 3.65. The van der Waals surface area contributed by atoms with Crippen LogP contribution in [0.25, 0.3) is 0 Å². The van der Waals surface area contributed by atoms with E-state index in [1.54, 1.807) is 19.2 Å². The van der Waals surface area contributed by atoms with Crippen molar-refractivity contribution in [1.29, 1.82) is 0 Å². The van der Waals surface area contributed by atoms with Gasteiger partial charge in [0.1, 0.15) is 5.75 Å². The summed E-state index contributed by atoms with van der Waals surface area (Å²) in [5, 5.41) is 6.40. The molecule has 32 heavy (non-hydrogen) atoms. The van der Waals surface area contributed by atoms with Gasteiger partial charge in [-0.1, -0.05) is 60.1 Å². The number of anilines is 1. The molecule has 1 heterocycles. The molecule has 0 spiro atoms. The molecule has 1 amide bonds. The first-order valence-corrected chi connectivity index (χ1v) is 11.4. The van der Waals surface area contributed by atoms with Crippen LogP contribution in [-0.2, 0) is 9.59 Å². The number of dihydropyridines is 1. The molecule has 2 aromatic carbocycles. The first kappa shape index (κ1) is 22.3. The fourth-order valence-corrected chi connectivity index (χ4v) is 5.21. The van der Waals surface area contributed by atoms with E-state index in [0.29, 0.717) is 29.0 Å². The molecule has 0 fully saturated rings. The summed E-state index contributed by atoms with van der Waals surface area (Å²) in [6, 6.07) is 15.1. The largest absolute Gasteiger partial charge is 0.495 e. The van der Waals surface area contributed by atoms with Gasteiger partial charge < -0.3 is 15.4 Å². The molecule has 2 N–H and O–H groups in total. The monoisotopic (exact) mass is 494 g/mol. The molecule has 0 bridgehead atoms. The second-order valence-electron chi connectivity index (χ2n) is 9.11. The fraction of sp³-hybridized carbons (Fsp3) is 0.308. The molecule has 1 aliphatic carbocycles. The van der Waals surface area contributed by atoms with Gasteiger partial charge in [-0.2, -0.15) is 0 Å². The molecule has 2 aliphatic rings. The number of hydrogen-bond acceptors (Lipinski definition) is 4. The smallest absolute Gasteiger partial charge is 0.254 e. The van der Waals surface area contributed by atoms with E-state index in [2.05, 4.69) is 40.4 Å². The minimum absolute atomic E-state index is 0.0830. The minimum Gasteiger partial charge on any atom is -0.495 e. The van der Waals surface area contributed by atoms with E-state index in [4.69, 9.17) is 4.74 Å². The highest BCUT2D eigenvalue weighted by Crippen LogP contribution is 2.48. The number of carbonyl (C=O) groups excluding carboxylic acids is 2. The van der Waals surface area contributed by atoms with Crippen LogP contribution in [0.5, 0.6) is 5.75 Å². The summed E-state index contributed by atoms with van der Waals surface area (Å²) in [5.41, 5.74) is 4.25. The van der Waals surface area contributed by atoms with Crippen molar-refractivity contribution >= 4 is 33.3 Å². The number of Topliss-reactive ketones (excluding diaryl/α,β-unsaturated/α-hetero) is 1. The summed E-state index contributed by atoms with van der Waals surface area (Å²) < 4.78 is 6.27. The topological polar surface area (TPSA) is 67.4 Å². The van der Waals surface area contributed by atoms with E-state index >= 15 is 0 Å². The zero-order valence-corrected chi connectivity index (χ0v) is 20.3. The number of rotatable bonds is 4. The molecule has 166 valence electrons. The normalized spacial score (nSPS) is 19.9. The van der Waals surface area contributed by atoms with E-state index in [0.717, 1.165) is 27.9 Å². The van der Waals surface area contributed by atoms with Crippen LogP contribution in [-0.4, -0.2) is 18.8 Å². The van der Waals surface area contributed by atoms with Crippen LogP contribution in [0.2, 0.25) is 0 Å². The zero-order valence-electron chi connectivity index (χ0n) is 18.7. The zero-order chi connectivity index (χ0) is 23.0. The summed E-state index contributed by atoms with van der Waals surface area (Å²) in [6.45, 7) is 6.11. The summed E-state index contributed by atoms with van der Waals surface area (Å²) in [5.74, 6) is -0.0557. The van der Waals surface area contributed by atoms with Gasteiger partial charge in [0.25, 0.3) is 5.91 Å². The van der Waals surface area contributed by atoms with Gasteiger partial charge in [0.05, 0.1) is 12.8 Å². The third-order valence-electron chi connectivity index (χ3n) is 6.06. The van der Waals surface area contributed by atoms with Gasteiger partial charge in [0.2, 0.25) is 0 Å². The van der Waals surface area contributed by atoms with Gasteiger partial charge in [-0.3, -0.25) is 9.59 Å². The second kappa shape index (κ2) is 8.58. The molecule has 0 saturated heterocycles. The van der Waals surface area contributed by atoms with E-state index in [9.17, 15) is 9.59 Å². The fourth-order valence-electron chi connectivity index (χ4n) is 4.69. The van der Waals surface area contributed by atoms with Crippen LogP contribution in [0.3, 0.4) is 0 Å².